The third-order valence-electron chi connectivity index (χ3n) is 5.20. The fourth-order valence-electron chi connectivity index (χ4n) is 3.88. The number of thiazole rings is 2. The number of likely N-dealkylation sites (tertiary alicyclic amines) is 1. The molecule has 1 aromatic carbocycles. The first-order chi connectivity index (χ1) is 13.2. The molecule has 3 aromatic heterocycles. The molecule has 4 aromatic rings. The fraction of sp³-hybridized carbons (Fsp3) is 0.350. The molecule has 0 aliphatic carbocycles. The van der Waals surface area contributed by atoms with Crippen molar-refractivity contribution in [3.05, 3.63) is 62.5 Å². The zero-order valence-electron chi connectivity index (χ0n) is 15.1. The first kappa shape index (κ1) is 17.0. The van der Waals surface area contributed by atoms with Gasteiger partial charge in [-0.1, -0.05) is 18.6 Å². The summed E-state index contributed by atoms with van der Waals surface area (Å²) in [7, 11) is 0. The van der Waals surface area contributed by atoms with Gasteiger partial charge in [0.05, 0.1) is 22.0 Å². The number of nitrogens with zero attached hydrogens (tertiary/aromatic N) is 4. The molecule has 1 saturated heterocycles. The van der Waals surface area contributed by atoms with Crippen molar-refractivity contribution in [1.29, 1.82) is 0 Å². The Bertz CT molecular complexity index is 1140. The van der Waals surface area contributed by atoms with Gasteiger partial charge in [0.15, 0.2) is 4.96 Å². The molecule has 138 valence electrons. The van der Waals surface area contributed by atoms with Gasteiger partial charge in [0.25, 0.3) is 5.56 Å². The van der Waals surface area contributed by atoms with E-state index in [4.69, 9.17) is 9.97 Å². The maximum absolute atomic E-state index is 12.5. The second-order valence-corrected chi connectivity index (χ2v) is 8.98. The molecular weight excluding hydrogens is 376 g/mol. The molecule has 0 bridgehead atoms. The van der Waals surface area contributed by atoms with Gasteiger partial charge < -0.3 is 0 Å². The molecule has 5 nitrogen and oxygen atoms in total. The predicted molar refractivity (Wildman–Crippen MR) is 111 cm³/mol. The number of benzene rings is 1. The SMILES string of the molecule is Cc1csc2nc(CN3CCCC[C@H]3c3nc4ccccc4s3)cc(=O)n12. The fourth-order valence-corrected chi connectivity index (χ4v) is 5.91. The Morgan fingerprint density at radius 3 is 3.00 bits per heavy atom. The quantitative estimate of drug-likeness (QED) is 0.515. The van der Waals surface area contributed by atoms with E-state index in [9.17, 15) is 4.79 Å². The van der Waals surface area contributed by atoms with Gasteiger partial charge in [-0.05, 0) is 38.4 Å². The molecule has 0 N–H and O–H groups in total. The lowest BCUT2D eigenvalue weighted by atomic mass is 10.0. The molecule has 27 heavy (non-hydrogen) atoms. The topological polar surface area (TPSA) is 50.5 Å². The van der Waals surface area contributed by atoms with E-state index in [2.05, 4.69) is 23.1 Å². The Morgan fingerprint density at radius 1 is 1.22 bits per heavy atom. The number of hydrogen-bond acceptors (Lipinski definition) is 6. The van der Waals surface area contributed by atoms with E-state index in [1.807, 2.05) is 18.4 Å². The van der Waals surface area contributed by atoms with Crippen LogP contribution in [0.1, 0.15) is 41.7 Å². The average Bonchev–Trinajstić information content (AvgIpc) is 3.26. The van der Waals surface area contributed by atoms with E-state index in [0.717, 1.165) is 34.8 Å². The molecule has 0 spiro atoms. The number of para-hydroxylation sites is 1. The number of hydrogen-bond donors (Lipinski definition) is 0. The average molecular weight is 397 g/mol. The van der Waals surface area contributed by atoms with Gasteiger partial charge in [-0.3, -0.25) is 14.1 Å². The highest BCUT2D eigenvalue weighted by Crippen LogP contribution is 2.36. The Balaban J connectivity index is 1.48. The molecule has 0 unspecified atom stereocenters. The van der Waals surface area contributed by atoms with Crippen LogP contribution in [-0.2, 0) is 6.54 Å². The minimum absolute atomic E-state index is 0.0160. The van der Waals surface area contributed by atoms with Crippen molar-refractivity contribution in [2.75, 3.05) is 6.54 Å². The number of fused-ring (bicyclic) bond motifs is 2. The monoisotopic (exact) mass is 396 g/mol. The largest absolute Gasteiger partial charge is 0.288 e. The summed E-state index contributed by atoms with van der Waals surface area (Å²) in [5.41, 5.74) is 2.90. The highest BCUT2D eigenvalue weighted by atomic mass is 32.1. The highest BCUT2D eigenvalue weighted by Gasteiger charge is 2.27. The smallest absolute Gasteiger partial charge is 0.259 e. The van der Waals surface area contributed by atoms with Crippen LogP contribution in [0, 0.1) is 6.92 Å². The van der Waals surface area contributed by atoms with Gasteiger partial charge in [0.1, 0.15) is 5.01 Å². The summed E-state index contributed by atoms with van der Waals surface area (Å²) in [6.07, 6.45) is 3.51. The van der Waals surface area contributed by atoms with Crippen molar-refractivity contribution < 1.29 is 0 Å². The van der Waals surface area contributed by atoms with Gasteiger partial charge in [0.2, 0.25) is 0 Å². The van der Waals surface area contributed by atoms with Gasteiger partial charge in [-0.15, -0.1) is 22.7 Å². The molecule has 0 saturated carbocycles. The molecule has 1 atom stereocenters. The van der Waals surface area contributed by atoms with Crippen LogP contribution in [0.4, 0.5) is 0 Å². The molecule has 1 aliphatic rings. The molecule has 1 aliphatic heterocycles. The summed E-state index contributed by atoms with van der Waals surface area (Å²) in [5.74, 6) is 0. The Kier molecular flexibility index (Phi) is 4.30. The van der Waals surface area contributed by atoms with Crippen LogP contribution in [0.5, 0.6) is 0 Å². The van der Waals surface area contributed by atoms with Crippen molar-refractivity contribution in [3.8, 4) is 0 Å². The number of aryl methyl sites for hydroxylation is 1. The summed E-state index contributed by atoms with van der Waals surface area (Å²) in [4.78, 5) is 25.4. The highest BCUT2D eigenvalue weighted by molar-refractivity contribution is 7.18. The van der Waals surface area contributed by atoms with Gasteiger partial charge in [0, 0.05) is 23.7 Å². The molecule has 0 radical (unpaired) electrons. The van der Waals surface area contributed by atoms with Crippen LogP contribution in [0.15, 0.2) is 40.5 Å². The van der Waals surface area contributed by atoms with Crippen LogP contribution >= 0.6 is 22.7 Å². The molecule has 0 amide bonds. The van der Waals surface area contributed by atoms with Crippen LogP contribution in [-0.4, -0.2) is 25.8 Å². The maximum atomic E-state index is 12.5. The normalized spacial score (nSPS) is 18.5. The second kappa shape index (κ2) is 6.82. The van der Waals surface area contributed by atoms with Crippen molar-refractivity contribution in [2.45, 2.75) is 38.8 Å². The number of rotatable bonds is 3. The summed E-state index contributed by atoms with van der Waals surface area (Å²) in [5, 5.41) is 3.17. The predicted octanol–water partition coefficient (Wildman–Crippen LogP) is 4.40. The standard InChI is InChI=1S/C20H20N4OS2/c1-13-12-26-20-21-14(10-18(25)24(13)20)11-23-9-5-4-7-16(23)19-22-15-6-2-3-8-17(15)27-19/h2-3,6,8,10,12,16H,4-5,7,9,11H2,1H3/t16-/m0/s1. The van der Waals surface area contributed by atoms with Crippen molar-refractivity contribution in [3.63, 3.8) is 0 Å². The summed E-state index contributed by atoms with van der Waals surface area (Å²) in [6, 6.07) is 10.3. The van der Waals surface area contributed by atoms with E-state index < -0.39 is 0 Å². The summed E-state index contributed by atoms with van der Waals surface area (Å²) < 4.78 is 2.93. The molecule has 4 heterocycles. The molecule has 7 heteroatoms. The third kappa shape index (κ3) is 3.09. The Hall–Kier alpha value is -2.09. The van der Waals surface area contributed by atoms with Crippen molar-refractivity contribution in [1.82, 2.24) is 19.3 Å². The zero-order valence-corrected chi connectivity index (χ0v) is 16.7. The minimum atomic E-state index is 0.0160. The lowest BCUT2D eigenvalue weighted by molar-refractivity contribution is 0.138. The van der Waals surface area contributed by atoms with Gasteiger partial charge in [-0.25, -0.2) is 9.97 Å². The van der Waals surface area contributed by atoms with Crippen LogP contribution in [0.25, 0.3) is 15.2 Å². The molecule has 5 rings (SSSR count). The van der Waals surface area contributed by atoms with E-state index in [1.54, 1.807) is 21.8 Å². The number of piperidine rings is 1. The first-order valence-corrected chi connectivity index (χ1v) is 10.9. The number of aromatic nitrogens is 3. The lowest BCUT2D eigenvalue weighted by Gasteiger charge is -2.34. The van der Waals surface area contributed by atoms with Crippen molar-refractivity contribution >= 4 is 37.9 Å². The maximum Gasteiger partial charge on any atom is 0.259 e. The zero-order chi connectivity index (χ0) is 18.4. The summed E-state index contributed by atoms with van der Waals surface area (Å²) in [6.45, 7) is 3.66. The molecular formula is C20H20N4OS2. The van der Waals surface area contributed by atoms with E-state index in [0.29, 0.717) is 12.6 Å². The van der Waals surface area contributed by atoms with Crippen LogP contribution in [0.3, 0.4) is 0 Å². The van der Waals surface area contributed by atoms with Crippen LogP contribution < -0.4 is 5.56 Å². The molecule has 1 fully saturated rings. The van der Waals surface area contributed by atoms with Crippen molar-refractivity contribution in [2.24, 2.45) is 0 Å². The van der Waals surface area contributed by atoms with Crippen LogP contribution in [0.2, 0.25) is 0 Å². The van der Waals surface area contributed by atoms with Gasteiger partial charge >= 0.3 is 0 Å². The summed E-state index contributed by atoms with van der Waals surface area (Å²) >= 11 is 3.32. The van der Waals surface area contributed by atoms with Gasteiger partial charge in [-0.2, -0.15) is 0 Å². The lowest BCUT2D eigenvalue weighted by Crippen LogP contribution is -2.33. The van der Waals surface area contributed by atoms with E-state index in [-0.39, 0.29) is 5.56 Å². The van der Waals surface area contributed by atoms with E-state index in [1.165, 1.54) is 33.9 Å². The first-order valence-electron chi connectivity index (χ1n) is 9.25. The Morgan fingerprint density at radius 2 is 2.11 bits per heavy atom. The minimum Gasteiger partial charge on any atom is -0.288 e. The third-order valence-corrected chi connectivity index (χ3v) is 7.28. The second-order valence-electron chi connectivity index (χ2n) is 7.08. The Labute approximate surface area is 164 Å². The van der Waals surface area contributed by atoms with E-state index >= 15 is 0 Å².